The van der Waals surface area contributed by atoms with Crippen LogP contribution in [0.4, 0.5) is 0 Å². The molecular formula is C24H38N4O. The van der Waals surface area contributed by atoms with Crippen molar-refractivity contribution >= 4 is 0 Å². The van der Waals surface area contributed by atoms with Crippen molar-refractivity contribution in [2.24, 2.45) is 5.92 Å². The van der Waals surface area contributed by atoms with Crippen molar-refractivity contribution in [2.75, 3.05) is 39.8 Å². The van der Waals surface area contributed by atoms with Gasteiger partial charge < -0.3 is 9.64 Å². The molecule has 1 aromatic heterocycles. The largest absolute Gasteiger partial charge is 0.497 e. The van der Waals surface area contributed by atoms with Crippen molar-refractivity contribution < 1.29 is 4.74 Å². The molecule has 0 amide bonds. The second-order valence-corrected chi connectivity index (χ2v) is 8.31. The Morgan fingerprint density at radius 1 is 1.28 bits per heavy atom. The zero-order valence-electron chi connectivity index (χ0n) is 18.7. The fraction of sp³-hybridized carbons (Fsp3) is 0.625. The molecule has 160 valence electrons. The first-order valence-corrected chi connectivity index (χ1v) is 11.2. The van der Waals surface area contributed by atoms with E-state index in [-0.39, 0.29) is 0 Å². The van der Waals surface area contributed by atoms with Crippen LogP contribution in [0.2, 0.25) is 0 Å². The van der Waals surface area contributed by atoms with Crippen molar-refractivity contribution in [3.8, 4) is 5.75 Å². The monoisotopic (exact) mass is 398 g/mol. The van der Waals surface area contributed by atoms with Crippen molar-refractivity contribution in [1.29, 1.82) is 0 Å². The number of methoxy groups -OCH3 is 1. The van der Waals surface area contributed by atoms with Crippen LogP contribution >= 0.6 is 0 Å². The van der Waals surface area contributed by atoms with Crippen LogP contribution in [0.25, 0.3) is 0 Å². The van der Waals surface area contributed by atoms with E-state index in [1.807, 2.05) is 6.07 Å². The summed E-state index contributed by atoms with van der Waals surface area (Å²) in [6, 6.07) is 8.49. The van der Waals surface area contributed by atoms with Crippen LogP contribution in [-0.2, 0) is 19.5 Å². The summed E-state index contributed by atoms with van der Waals surface area (Å²) in [6.07, 6.45) is 5.81. The Balaban J connectivity index is 1.50. The molecule has 5 heteroatoms. The first kappa shape index (κ1) is 21.8. The molecule has 1 fully saturated rings. The molecule has 5 nitrogen and oxygen atoms in total. The fourth-order valence-corrected chi connectivity index (χ4v) is 4.49. The van der Waals surface area contributed by atoms with Crippen LogP contribution < -0.4 is 4.74 Å². The van der Waals surface area contributed by atoms with Gasteiger partial charge in [-0.1, -0.05) is 19.1 Å². The van der Waals surface area contributed by atoms with Crippen LogP contribution in [0, 0.1) is 12.8 Å². The lowest BCUT2D eigenvalue weighted by Crippen LogP contribution is -2.41. The summed E-state index contributed by atoms with van der Waals surface area (Å²) in [5, 5.41) is 4.52. The zero-order chi connectivity index (χ0) is 20.6. The second kappa shape index (κ2) is 10.8. The van der Waals surface area contributed by atoms with Crippen LogP contribution in [0.5, 0.6) is 5.75 Å². The van der Waals surface area contributed by atoms with Gasteiger partial charge in [-0.15, -0.1) is 0 Å². The number of aryl methyl sites for hydroxylation is 1. The van der Waals surface area contributed by atoms with E-state index in [4.69, 9.17) is 4.74 Å². The number of likely N-dealkylation sites (tertiary alicyclic amines) is 1. The van der Waals surface area contributed by atoms with E-state index in [1.54, 1.807) is 7.11 Å². The van der Waals surface area contributed by atoms with Gasteiger partial charge in [0.2, 0.25) is 0 Å². The molecule has 0 radical (unpaired) electrons. The molecule has 0 spiro atoms. The Morgan fingerprint density at radius 3 is 2.86 bits per heavy atom. The highest BCUT2D eigenvalue weighted by molar-refractivity contribution is 5.28. The van der Waals surface area contributed by atoms with Gasteiger partial charge in [-0.3, -0.25) is 9.58 Å². The standard InChI is InChI=1S/C24H38N4O/c1-5-26(19-23-16-25-28(6-2)20(23)3)17-22-10-8-13-27(18-22)14-12-21-9-7-11-24(15-21)29-4/h7,9,11,15-16,22H,5-6,8,10,12-14,17-19H2,1-4H3/t22-/m0/s1. The molecule has 0 aliphatic carbocycles. The minimum atomic E-state index is 0.760. The predicted molar refractivity (Wildman–Crippen MR) is 119 cm³/mol. The Labute approximate surface area is 176 Å². The van der Waals surface area contributed by atoms with Gasteiger partial charge in [0, 0.05) is 44.0 Å². The lowest BCUT2D eigenvalue weighted by molar-refractivity contribution is 0.133. The molecule has 1 atom stereocenters. The maximum atomic E-state index is 5.36. The quantitative estimate of drug-likeness (QED) is 0.606. The van der Waals surface area contributed by atoms with Gasteiger partial charge in [-0.2, -0.15) is 5.10 Å². The van der Waals surface area contributed by atoms with Gasteiger partial charge in [0.25, 0.3) is 0 Å². The average Bonchev–Trinajstić information content (AvgIpc) is 3.11. The minimum Gasteiger partial charge on any atom is -0.497 e. The molecular weight excluding hydrogens is 360 g/mol. The van der Waals surface area contributed by atoms with Crippen molar-refractivity contribution in [3.05, 3.63) is 47.3 Å². The third kappa shape index (κ3) is 6.06. The fourth-order valence-electron chi connectivity index (χ4n) is 4.49. The number of nitrogens with zero attached hydrogens (tertiary/aromatic N) is 4. The molecule has 29 heavy (non-hydrogen) atoms. The summed E-state index contributed by atoms with van der Waals surface area (Å²) < 4.78 is 7.46. The zero-order valence-corrected chi connectivity index (χ0v) is 18.7. The van der Waals surface area contributed by atoms with E-state index in [0.717, 1.165) is 44.3 Å². The highest BCUT2D eigenvalue weighted by Gasteiger charge is 2.22. The number of benzene rings is 1. The maximum absolute atomic E-state index is 5.36. The van der Waals surface area contributed by atoms with Gasteiger partial charge in [-0.05, 0) is 69.8 Å². The molecule has 2 heterocycles. The van der Waals surface area contributed by atoms with E-state index < -0.39 is 0 Å². The van der Waals surface area contributed by atoms with Gasteiger partial charge >= 0.3 is 0 Å². The minimum absolute atomic E-state index is 0.760. The highest BCUT2D eigenvalue weighted by atomic mass is 16.5. The molecule has 2 aromatic rings. The molecule has 0 N–H and O–H groups in total. The Bertz CT molecular complexity index is 757. The molecule has 1 aliphatic heterocycles. The topological polar surface area (TPSA) is 33.5 Å². The molecule has 3 rings (SSSR count). The van der Waals surface area contributed by atoms with E-state index in [0.29, 0.717) is 0 Å². The van der Waals surface area contributed by atoms with Crippen molar-refractivity contribution in [2.45, 2.75) is 53.1 Å². The van der Waals surface area contributed by atoms with E-state index in [9.17, 15) is 0 Å². The summed E-state index contributed by atoms with van der Waals surface area (Å²) in [6.45, 7) is 14.5. The van der Waals surface area contributed by atoms with Crippen LogP contribution in [0.1, 0.15) is 43.5 Å². The maximum Gasteiger partial charge on any atom is 0.119 e. The molecule has 1 aromatic carbocycles. The van der Waals surface area contributed by atoms with Gasteiger partial charge in [0.15, 0.2) is 0 Å². The van der Waals surface area contributed by atoms with Crippen LogP contribution in [0.3, 0.4) is 0 Å². The van der Waals surface area contributed by atoms with Gasteiger partial charge in [-0.25, -0.2) is 0 Å². The molecule has 1 aliphatic rings. The summed E-state index contributed by atoms with van der Waals surface area (Å²) >= 11 is 0. The first-order chi connectivity index (χ1) is 14.1. The highest BCUT2D eigenvalue weighted by Crippen LogP contribution is 2.20. The van der Waals surface area contributed by atoms with Crippen LogP contribution in [-0.4, -0.2) is 59.4 Å². The summed E-state index contributed by atoms with van der Waals surface area (Å²) in [5.41, 5.74) is 4.05. The Kier molecular flexibility index (Phi) is 8.13. The number of piperidine rings is 1. The molecule has 0 saturated carbocycles. The van der Waals surface area contributed by atoms with Gasteiger partial charge in [0.1, 0.15) is 5.75 Å². The van der Waals surface area contributed by atoms with Gasteiger partial charge in [0.05, 0.1) is 13.3 Å². The molecule has 0 bridgehead atoms. The Hall–Kier alpha value is -1.85. The Morgan fingerprint density at radius 2 is 2.14 bits per heavy atom. The molecule has 1 saturated heterocycles. The molecule has 0 unspecified atom stereocenters. The van der Waals surface area contributed by atoms with E-state index in [1.165, 1.54) is 49.3 Å². The number of hydrogen-bond donors (Lipinski definition) is 0. The lowest BCUT2D eigenvalue weighted by Gasteiger charge is -2.35. The van der Waals surface area contributed by atoms with Crippen molar-refractivity contribution in [3.63, 3.8) is 0 Å². The van der Waals surface area contributed by atoms with E-state index in [2.05, 4.69) is 64.7 Å². The summed E-state index contributed by atoms with van der Waals surface area (Å²) in [4.78, 5) is 5.25. The first-order valence-electron chi connectivity index (χ1n) is 11.2. The number of hydrogen-bond acceptors (Lipinski definition) is 4. The normalized spacial score (nSPS) is 17.8. The smallest absolute Gasteiger partial charge is 0.119 e. The second-order valence-electron chi connectivity index (χ2n) is 8.31. The average molecular weight is 399 g/mol. The number of rotatable bonds is 10. The lowest BCUT2D eigenvalue weighted by atomic mass is 9.96. The SMILES string of the molecule is CCN(Cc1cnn(CC)c1C)C[C@@H]1CCCN(CCc2cccc(OC)c2)C1. The number of aromatic nitrogens is 2. The third-order valence-corrected chi connectivity index (χ3v) is 6.32. The third-order valence-electron chi connectivity index (χ3n) is 6.32. The summed E-state index contributed by atoms with van der Waals surface area (Å²) in [5.74, 6) is 1.72. The predicted octanol–water partition coefficient (Wildman–Crippen LogP) is 4.00. The van der Waals surface area contributed by atoms with E-state index >= 15 is 0 Å². The van der Waals surface area contributed by atoms with Crippen LogP contribution in [0.15, 0.2) is 30.5 Å². The summed E-state index contributed by atoms with van der Waals surface area (Å²) in [7, 11) is 1.74. The number of ether oxygens (including phenoxy) is 1. The van der Waals surface area contributed by atoms with Crippen molar-refractivity contribution in [1.82, 2.24) is 19.6 Å².